The van der Waals surface area contributed by atoms with Crippen LogP contribution in [-0.2, 0) is 6.42 Å². The molecule has 1 aromatic rings. The quantitative estimate of drug-likeness (QED) is 0.367. The molecule has 1 N–H and O–H groups in total. The van der Waals surface area contributed by atoms with Crippen molar-refractivity contribution in [3.63, 3.8) is 0 Å². The van der Waals surface area contributed by atoms with Crippen molar-refractivity contribution in [2.75, 3.05) is 0 Å². The maximum atomic E-state index is 10.8. The Morgan fingerprint density at radius 3 is 2.71 bits per heavy atom. The molecule has 0 aliphatic heterocycles. The average Bonchev–Trinajstić information content (AvgIpc) is 2.34. The van der Waals surface area contributed by atoms with Crippen LogP contribution in [0.25, 0.3) is 10.4 Å². The van der Waals surface area contributed by atoms with Crippen molar-refractivity contribution in [1.29, 1.82) is 0 Å². The van der Waals surface area contributed by atoms with Gasteiger partial charge in [0.2, 0.25) is 0 Å². The zero-order chi connectivity index (χ0) is 12.7. The number of carboxylic acid groups (broad SMARTS) is 1. The van der Waals surface area contributed by atoms with Crippen LogP contribution in [0, 0.1) is 0 Å². The molecule has 0 aliphatic carbocycles. The zero-order valence-electron chi connectivity index (χ0n) is 9.52. The van der Waals surface area contributed by atoms with Crippen LogP contribution in [0.3, 0.4) is 0 Å². The number of nitrogens with zero attached hydrogens (tertiary/aromatic N) is 4. The molecule has 0 saturated carbocycles. The minimum absolute atomic E-state index is 0.344. The molecule has 0 fully saturated rings. The van der Waals surface area contributed by atoms with Crippen molar-refractivity contribution in [3.8, 4) is 0 Å². The second-order valence-electron chi connectivity index (χ2n) is 3.68. The fourth-order valence-corrected chi connectivity index (χ4v) is 1.50. The molecule has 0 aromatic heterocycles. The Labute approximate surface area is 99.1 Å². The van der Waals surface area contributed by atoms with Gasteiger partial charge in [0.15, 0.2) is 0 Å². The van der Waals surface area contributed by atoms with Gasteiger partial charge < -0.3 is 5.11 Å². The van der Waals surface area contributed by atoms with Crippen LogP contribution in [0.5, 0.6) is 0 Å². The Hall–Kier alpha value is -2.20. The van der Waals surface area contributed by atoms with E-state index < -0.39 is 6.09 Å². The van der Waals surface area contributed by atoms with E-state index in [9.17, 15) is 4.79 Å². The highest BCUT2D eigenvalue weighted by Crippen LogP contribution is 2.10. The van der Waals surface area contributed by atoms with Crippen molar-refractivity contribution >= 4 is 6.09 Å². The fourth-order valence-electron chi connectivity index (χ4n) is 1.50. The molecule has 0 radical (unpaired) electrons. The molecule has 0 bridgehead atoms. The second kappa shape index (κ2) is 6.40. The van der Waals surface area contributed by atoms with E-state index in [1.807, 2.05) is 30.3 Å². The summed E-state index contributed by atoms with van der Waals surface area (Å²) in [5, 5.41) is 12.7. The summed E-state index contributed by atoms with van der Waals surface area (Å²) in [4.78, 5) is 13.3. The summed E-state index contributed by atoms with van der Waals surface area (Å²) < 4.78 is 0. The summed E-state index contributed by atoms with van der Waals surface area (Å²) in [6.45, 7) is 1.71. The van der Waals surface area contributed by atoms with Gasteiger partial charge in [0.05, 0.1) is 0 Å². The van der Waals surface area contributed by atoms with E-state index in [1.165, 1.54) is 0 Å². The Balaban J connectivity index is 2.56. The predicted molar refractivity (Wildman–Crippen MR) is 63.2 cm³/mol. The summed E-state index contributed by atoms with van der Waals surface area (Å²) >= 11 is 0. The Kier molecular flexibility index (Phi) is 4.84. The average molecular weight is 234 g/mol. The lowest BCUT2D eigenvalue weighted by Crippen LogP contribution is -2.32. The Bertz CT molecular complexity index is 413. The molecule has 1 unspecified atom stereocenters. The highest BCUT2D eigenvalue weighted by Gasteiger charge is 2.22. The number of hydrogen-bond acceptors (Lipinski definition) is 2. The molecule has 1 rings (SSSR count). The van der Waals surface area contributed by atoms with Gasteiger partial charge in [-0.3, -0.25) is 0 Å². The molecule has 1 aromatic carbocycles. The first-order valence-electron chi connectivity index (χ1n) is 5.26. The van der Waals surface area contributed by atoms with Gasteiger partial charge in [-0.25, -0.2) is 0 Å². The lowest BCUT2D eigenvalue weighted by atomic mass is 10.1. The Morgan fingerprint density at radius 2 is 2.18 bits per heavy atom. The van der Waals surface area contributed by atoms with Crippen molar-refractivity contribution < 1.29 is 9.90 Å². The monoisotopic (exact) mass is 234 g/mol. The molecular weight excluding hydrogens is 220 g/mol. The van der Waals surface area contributed by atoms with Gasteiger partial charge in [0, 0.05) is 0 Å². The van der Waals surface area contributed by atoms with E-state index >= 15 is 0 Å². The lowest BCUT2D eigenvalue weighted by Gasteiger charge is -2.15. The number of aryl methyl sites for hydroxylation is 1. The third-order valence-electron chi connectivity index (χ3n) is 2.44. The number of benzene rings is 1. The molecule has 6 heteroatoms. The molecular formula is C11H14N4O2. The van der Waals surface area contributed by atoms with E-state index in [2.05, 4.69) is 10.1 Å². The molecule has 90 valence electrons. The van der Waals surface area contributed by atoms with E-state index in [0.717, 1.165) is 17.0 Å². The van der Waals surface area contributed by atoms with Crippen molar-refractivity contribution in [1.82, 2.24) is 5.01 Å². The van der Waals surface area contributed by atoms with Crippen molar-refractivity contribution in [3.05, 3.63) is 46.3 Å². The first-order chi connectivity index (χ1) is 8.15. The third kappa shape index (κ3) is 4.04. The third-order valence-corrected chi connectivity index (χ3v) is 2.44. The largest absolute Gasteiger partial charge is 0.508 e. The molecule has 0 spiro atoms. The van der Waals surface area contributed by atoms with Crippen LogP contribution in [0.4, 0.5) is 4.79 Å². The molecule has 1 atom stereocenters. The number of amides is 1. The van der Waals surface area contributed by atoms with Gasteiger partial charge >= 0.3 is 6.09 Å². The van der Waals surface area contributed by atoms with E-state index in [1.54, 1.807) is 6.92 Å². The summed E-state index contributed by atoms with van der Waals surface area (Å²) in [6.07, 6.45) is 0.116. The van der Waals surface area contributed by atoms with Gasteiger partial charge in [-0.1, -0.05) is 30.3 Å². The topological polar surface area (TPSA) is 89.3 Å². The van der Waals surface area contributed by atoms with E-state index in [4.69, 9.17) is 10.6 Å². The molecule has 0 saturated heterocycles. The number of hydrogen-bond donors (Lipinski definition) is 1. The highest BCUT2D eigenvalue weighted by atomic mass is 16.4. The first kappa shape index (κ1) is 12.9. The van der Waals surface area contributed by atoms with Crippen LogP contribution in [0.1, 0.15) is 18.9 Å². The molecule has 1 amide bonds. The molecule has 6 nitrogen and oxygen atoms in total. The van der Waals surface area contributed by atoms with Gasteiger partial charge in [-0.2, -0.15) is 9.71 Å². The van der Waals surface area contributed by atoms with Crippen LogP contribution in [0.15, 0.2) is 35.6 Å². The summed E-state index contributed by atoms with van der Waals surface area (Å²) in [5.41, 5.74) is 9.40. The number of azide groups is 1. The van der Waals surface area contributed by atoms with E-state index in [0.29, 0.717) is 6.42 Å². The second-order valence-corrected chi connectivity index (χ2v) is 3.68. The predicted octanol–water partition coefficient (Wildman–Crippen LogP) is 3.21. The standard InChI is InChI=1S/C11H14N4O2/c1-9(15(11(16)17)14-13-12)7-8-10-5-3-2-4-6-10/h2-6,9H,7-8H2,1H3,(H,16,17). The Morgan fingerprint density at radius 1 is 1.53 bits per heavy atom. The van der Waals surface area contributed by atoms with Crippen LogP contribution in [0.2, 0.25) is 0 Å². The molecule has 17 heavy (non-hydrogen) atoms. The maximum Gasteiger partial charge on any atom is 0.508 e. The number of carbonyl (C=O) groups is 1. The van der Waals surface area contributed by atoms with Gasteiger partial charge in [-0.15, -0.1) is 10.5 Å². The SMILES string of the molecule is CC(CCc1ccccc1)N(N=[N+]=[N-])C(=O)O. The lowest BCUT2D eigenvalue weighted by molar-refractivity contribution is 0.126. The van der Waals surface area contributed by atoms with Gasteiger partial charge in [-0.05, 0) is 30.6 Å². The zero-order valence-corrected chi connectivity index (χ0v) is 9.52. The maximum absolute atomic E-state index is 10.8. The molecule has 0 heterocycles. The first-order valence-corrected chi connectivity index (χ1v) is 5.26. The summed E-state index contributed by atoms with van der Waals surface area (Å²) in [5.74, 6) is 0. The van der Waals surface area contributed by atoms with Crippen molar-refractivity contribution in [2.24, 2.45) is 5.22 Å². The number of rotatable bonds is 5. The van der Waals surface area contributed by atoms with E-state index in [-0.39, 0.29) is 6.04 Å². The minimum atomic E-state index is -1.23. The molecule has 0 aliphatic rings. The van der Waals surface area contributed by atoms with Gasteiger partial charge in [0.25, 0.3) is 0 Å². The fraction of sp³-hybridized carbons (Fsp3) is 0.364. The van der Waals surface area contributed by atoms with Gasteiger partial charge in [0.1, 0.15) is 6.04 Å². The van der Waals surface area contributed by atoms with Crippen LogP contribution < -0.4 is 0 Å². The smallest absolute Gasteiger partial charge is 0.446 e. The summed E-state index contributed by atoms with van der Waals surface area (Å²) in [7, 11) is 0. The van der Waals surface area contributed by atoms with Crippen molar-refractivity contribution in [2.45, 2.75) is 25.8 Å². The highest BCUT2D eigenvalue weighted by molar-refractivity contribution is 5.64. The minimum Gasteiger partial charge on any atom is -0.446 e. The van der Waals surface area contributed by atoms with Crippen LogP contribution in [-0.4, -0.2) is 22.3 Å². The summed E-state index contributed by atoms with van der Waals surface area (Å²) in [6, 6.07) is 9.40. The normalized spacial score (nSPS) is 11.4. The van der Waals surface area contributed by atoms with Crippen LogP contribution >= 0.6 is 0 Å².